The summed E-state index contributed by atoms with van der Waals surface area (Å²) in [6.45, 7) is 0.0476. The van der Waals surface area contributed by atoms with Crippen molar-refractivity contribution in [3.8, 4) is 11.5 Å². The van der Waals surface area contributed by atoms with Crippen LogP contribution in [0, 0.1) is 0 Å². The summed E-state index contributed by atoms with van der Waals surface area (Å²) in [6, 6.07) is 5.51. The Morgan fingerprint density at radius 2 is 1.93 bits per heavy atom. The number of nitrogens with one attached hydrogen (secondary N) is 1. The van der Waals surface area contributed by atoms with Crippen molar-refractivity contribution in [1.82, 2.24) is 5.32 Å². The second-order valence-corrected chi connectivity index (χ2v) is 3.14. The van der Waals surface area contributed by atoms with Crippen LogP contribution in [0.2, 0.25) is 0 Å². The Bertz CT molecular complexity index is 311. The lowest BCUT2D eigenvalue weighted by atomic mass is 10.1. The number of ether oxygens (including phenoxy) is 2. The molecule has 4 nitrogen and oxygen atoms in total. The second-order valence-electron chi connectivity index (χ2n) is 3.14. The van der Waals surface area contributed by atoms with Gasteiger partial charge in [-0.25, -0.2) is 0 Å². The molecule has 1 aromatic carbocycles. The monoisotopic (exact) mass is 211 g/mol. The normalized spacial score (nSPS) is 12.3. The van der Waals surface area contributed by atoms with Crippen LogP contribution in [0.3, 0.4) is 0 Å². The van der Waals surface area contributed by atoms with E-state index in [9.17, 15) is 0 Å². The topological polar surface area (TPSA) is 50.7 Å². The van der Waals surface area contributed by atoms with Gasteiger partial charge in [0.2, 0.25) is 0 Å². The van der Waals surface area contributed by atoms with E-state index in [-0.39, 0.29) is 12.6 Å². The standard InChI is InChI=1S/C11H17NO3/c1-12-9(7-13)8-4-5-10(14-2)11(6-8)15-3/h4-6,9,12-13H,7H2,1-3H3/t9-/m1/s1. The SMILES string of the molecule is CN[C@H](CO)c1ccc(OC)c(OC)c1. The highest BCUT2D eigenvalue weighted by Crippen LogP contribution is 2.29. The van der Waals surface area contributed by atoms with Crippen LogP contribution in [0.4, 0.5) is 0 Å². The van der Waals surface area contributed by atoms with Gasteiger partial charge in [0.05, 0.1) is 26.9 Å². The molecule has 0 radical (unpaired) electrons. The van der Waals surface area contributed by atoms with Crippen molar-refractivity contribution < 1.29 is 14.6 Å². The van der Waals surface area contributed by atoms with Gasteiger partial charge in [-0.3, -0.25) is 0 Å². The molecule has 0 amide bonds. The summed E-state index contributed by atoms with van der Waals surface area (Å²) in [5.74, 6) is 1.36. The van der Waals surface area contributed by atoms with Gasteiger partial charge < -0.3 is 19.9 Å². The van der Waals surface area contributed by atoms with E-state index in [1.165, 1.54) is 0 Å². The predicted molar refractivity (Wildman–Crippen MR) is 58.4 cm³/mol. The smallest absolute Gasteiger partial charge is 0.161 e. The first kappa shape index (κ1) is 11.8. The summed E-state index contributed by atoms with van der Waals surface area (Å²) >= 11 is 0. The van der Waals surface area contributed by atoms with Crippen molar-refractivity contribution in [2.75, 3.05) is 27.9 Å². The predicted octanol–water partition coefficient (Wildman–Crippen LogP) is 0.957. The summed E-state index contributed by atoms with van der Waals surface area (Å²) in [5.41, 5.74) is 0.970. The van der Waals surface area contributed by atoms with Crippen molar-refractivity contribution in [2.24, 2.45) is 0 Å². The second kappa shape index (κ2) is 5.58. The van der Waals surface area contributed by atoms with E-state index in [0.29, 0.717) is 11.5 Å². The molecule has 0 aromatic heterocycles. The van der Waals surface area contributed by atoms with Crippen LogP contribution in [-0.2, 0) is 0 Å². The van der Waals surface area contributed by atoms with E-state index in [2.05, 4.69) is 5.32 Å². The van der Waals surface area contributed by atoms with Crippen molar-refractivity contribution in [3.63, 3.8) is 0 Å². The van der Waals surface area contributed by atoms with Crippen LogP contribution < -0.4 is 14.8 Å². The zero-order chi connectivity index (χ0) is 11.3. The minimum Gasteiger partial charge on any atom is -0.493 e. The number of aliphatic hydroxyl groups is 1. The third kappa shape index (κ3) is 2.61. The highest BCUT2D eigenvalue weighted by Gasteiger charge is 2.11. The van der Waals surface area contributed by atoms with Gasteiger partial charge in [-0.05, 0) is 24.7 Å². The zero-order valence-electron chi connectivity index (χ0n) is 9.28. The highest BCUT2D eigenvalue weighted by atomic mass is 16.5. The van der Waals surface area contributed by atoms with E-state index in [1.54, 1.807) is 21.3 Å². The van der Waals surface area contributed by atoms with Gasteiger partial charge in [0, 0.05) is 0 Å². The Labute approximate surface area is 89.8 Å². The fourth-order valence-electron chi connectivity index (χ4n) is 1.43. The molecule has 4 heteroatoms. The van der Waals surface area contributed by atoms with Crippen molar-refractivity contribution in [2.45, 2.75) is 6.04 Å². The van der Waals surface area contributed by atoms with Crippen molar-refractivity contribution in [3.05, 3.63) is 23.8 Å². The van der Waals surface area contributed by atoms with E-state index >= 15 is 0 Å². The number of hydrogen-bond acceptors (Lipinski definition) is 4. The average Bonchev–Trinajstić information content (AvgIpc) is 2.30. The van der Waals surface area contributed by atoms with Gasteiger partial charge in [-0.15, -0.1) is 0 Å². The van der Waals surface area contributed by atoms with E-state index in [1.807, 2.05) is 18.2 Å². The van der Waals surface area contributed by atoms with Crippen LogP contribution in [0.1, 0.15) is 11.6 Å². The lowest BCUT2D eigenvalue weighted by Crippen LogP contribution is -2.19. The first-order valence-electron chi connectivity index (χ1n) is 4.76. The molecule has 0 bridgehead atoms. The van der Waals surface area contributed by atoms with E-state index in [4.69, 9.17) is 14.6 Å². The van der Waals surface area contributed by atoms with Crippen molar-refractivity contribution >= 4 is 0 Å². The van der Waals surface area contributed by atoms with Gasteiger partial charge >= 0.3 is 0 Å². The molecule has 0 unspecified atom stereocenters. The third-order valence-corrected chi connectivity index (χ3v) is 2.34. The number of benzene rings is 1. The molecule has 0 saturated heterocycles. The number of methoxy groups -OCH3 is 2. The maximum absolute atomic E-state index is 9.13. The molecule has 0 aliphatic carbocycles. The number of hydrogen-bond donors (Lipinski definition) is 2. The number of likely N-dealkylation sites (N-methyl/N-ethyl adjacent to an activating group) is 1. The first-order valence-corrected chi connectivity index (χ1v) is 4.76. The summed E-state index contributed by atoms with van der Waals surface area (Å²) in [4.78, 5) is 0. The molecule has 1 atom stereocenters. The van der Waals surface area contributed by atoms with Crippen LogP contribution >= 0.6 is 0 Å². The van der Waals surface area contributed by atoms with E-state index in [0.717, 1.165) is 5.56 Å². The first-order chi connectivity index (χ1) is 7.26. The summed E-state index contributed by atoms with van der Waals surface area (Å²) in [5, 5.41) is 12.1. The zero-order valence-corrected chi connectivity index (χ0v) is 9.28. The van der Waals surface area contributed by atoms with Gasteiger partial charge in [0.1, 0.15) is 0 Å². The molecule has 0 saturated carbocycles. The molecule has 1 aromatic rings. The van der Waals surface area contributed by atoms with Gasteiger partial charge in [0.25, 0.3) is 0 Å². The molecular weight excluding hydrogens is 194 g/mol. The molecule has 0 fully saturated rings. The van der Waals surface area contributed by atoms with Crippen LogP contribution in [0.25, 0.3) is 0 Å². The molecule has 15 heavy (non-hydrogen) atoms. The molecule has 0 heterocycles. The fourth-order valence-corrected chi connectivity index (χ4v) is 1.43. The largest absolute Gasteiger partial charge is 0.493 e. The maximum Gasteiger partial charge on any atom is 0.161 e. The van der Waals surface area contributed by atoms with Gasteiger partial charge in [-0.2, -0.15) is 0 Å². The Hall–Kier alpha value is -1.26. The Balaban J connectivity index is 3.01. The Morgan fingerprint density at radius 1 is 1.27 bits per heavy atom. The molecule has 0 aliphatic rings. The lowest BCUT2D eigenvalue weighted by molar-refractivity contribution is 0.250. The summed E-state index contributed by atoms with van der Waals surface area (Å²) < 4.78 is 10.3. The van der Waals surface area contributed by atoms with Crippen LogP contribution in [0.15, 0.2) is 18.2 Å². The van der Waals surface area contributed by atoms with Crippen molar-refractivity contribution in [1.29, 1.82) is 0 Å². The van der Waals surface area contributed by atoms with Gasteiger partial charge in [0.15, 0.2) is 11.5 Å². The highest BCUT2D eigenvalue weighted by molar-refractivity contribution is 5.43. The number of rotatable bonds is 5. The minimum absolute atomic E-state index is 0.0476. The molecule has 1 rings (SSSR count). The minimum atomic E-state index is -0.0789. The van der Waals surface area contributed by atoms with Crippen LogP contribution in [-0.4, -0.2) is 33.0 Å². The summed E-state index contributed by atoms with van der Waals surface area (Å²) in [7, 11) is 4.99. The lowest BCUT2D eigenvalue weighted by Gasteiger charge is -2.15. The third-order valence-electron chi connectivity index (χ3n) is 2.34. The molecule has 0 spiro atoms. The average molecular weight is 211 g/mol. The molecule has 84 valence electrons. The Morgan fingerprint density at radius 3 is 2.40 bits per heavy atom. The quantitative estimate of drug-likeness (QED) is 0.761. The van der Waals surface area contributed by atoms with Gasteiger partial charge in [-0.1, -0.05) is 6.07 Å². The molecule has 0 aliphatic heterocycles. The summed E-state index contributed by atoms with van der Waals surface area (Å²) in [6.07, 6.45) is 0. The Kier molecular flexibility index (Phi) is 4.39. The van der Waals surface area contributed by atoms with E-state index < -0.39 is 0 Å². The maximum atomic E-state index is 9.13. The molecule has 2 N–H and O–H groups in total. The molecular formula is C11H17NO3. The number of aliphatic hydroxyl groups excluding tert-OH is 1. The van der Waals surface area contributed by atoms with Crippen LogP contribution in [0.5, 0.6) is 11.5 Å². The fraction of sp³-hybridized carbons (Fsp3) is 0.455.